The highest BCUT2D eigenvalue weighted by molar-refractivity contribution is 7.60. The number of nitrogens with zero attached hydrogens (tertiary/aromatic N) is 1. The highest BCUT2D eigenvalue weighted by Gasteiger charge is 2.17. The van der Waals surface area contributed by atoms with Crippen LogP contribution in [0.1, 0.15) is 5.76 Å². The minimum atomic E-state index is -0.887. The second-order valence-electron chi connectivity index (χ2n) is 4.21. The molecule has 1 atom stereocenters. The molecule has 20 heavy (non-hydrogen) atoms. The molecule has 0 saturated heterocycles. The summed E-state index contributed by atoms with van der Waals surface area (Å²) < 4.78 is 11.5. The summed E-state index contributed by atoms with van der Waals surface area (Å²) in [6.07, 6.45) is 4.19. The number of hydrogen-bond donors (Lipinski definition) is 0. The molecule has 0 fully saturated rings. The van der Waals surface area contributed by atoms with E-state index in [0.717, 1.165) is 16.9 Å². The molecule has 100 valence electrons. The summed E-state index contributed by atoms with van der Waals surface area (Å²) in [6, 6.07) is 19.6. The summed E-state index contributed by atoms with van der Waals surface area (Å²) in [7, 11) is -0.887. The van der Waals surface area contributed by atoms with E-state index in [1.165, 1.54) is 0 Å². The van der Waals surface area contributed by atoms with E-state index in [9.17, 15) is 0 Å². The Kier molecular flexibility index (Phi) is 4.10. The van der Waals surface area contributed by atoms with Crippen LogP contribution in [0.5, 0.6) is 5.75 Å². The van der Waals surface area contributed by atoms with E-state index in [1.54, 1.807) is 12.5 Å². The number of aromatic nitrogens is 1. The first kappa shape index (κ1) is 12.9. The second-order valence-corrected chi connectivity index (χ2v) is 5.92. The van der Waals surface area contributed by atoms with Crippen LogP contribution in [0.3, 0.4) is 0 Å². The highest BCUT2D eigenvalue weighted by Crippen LogP contribution is 2.40. The van der Waals surface area contributed by atoms with E-state index in [4.69, 9.17) is 8.94 Å². The Hall–Kier alpha value is -2.12. The summed E-state index contributed by atoms with van der Waals surface area (Å²) in [6.45, 7) is 0. The molecule has 4 heteroatoms. The molecule has 0 radical (unpaired) electrons. The van der Waals surface area contributed by atoms with Gasteiger partial charge >= 0.3 is 0 Å². The van der Waals surface area contributed by atoms with Gasteiger partial charge in [0.25, 0.3) is 0 Å². The predicted molar refractivity (Wildman–Crippen MR) is 80.3 cm³/mol. The van der Waals surface area contributed by atoms with E-state index < -0.39 is 8.15 Å². The first-order valence-electron chi connectivity index (χ1n) is 6.36. The molecule has 0 N–H and O–H groups in total. The zero-order valence-electron chi connectivity index (χ0n) is 10.8. The second kappa shape index (κ2) is 6.36. The third-order valence-electron chi connectivity index (χ3n) is 2.74. The van der Waals surface area contributed by atoms with Crippen molar-refractivity contribution >= 4 is 13.6 Å². The molecule has 0 spiro atoms. The van der Waals surface area contributed by atoms with Crippen molar-refractivity contribution in [2.75, 3.05) is 0 Å². The lowest BCUT2D eigenvalue weighted by Crippen LogP contribution is -2.10. The van der Waals surface area contributed by atoms with Crippen LogP contribution in [0.4, 0.5) is 0 Å². The largest absolute Gasteiger partial charge is 0.469 e. The lowest BCUT2D eigenvalue weighted by Gasteiger charge is -2.17. The van der Waals surface area contributed by atoms with Crippen molar-refractivity contribution < 1.29 is 8.94 Å². The smallest absolute Gasteiger partial charge is 0.145 e. The molecule has 0 aliphatic carbocycles. The fourth-order valence-electron chi connectivity index (χ4n) is 1.81. The molecule has 3 nitrogen and oxygen atoms in total. The molecule has 0 aliphatic heterocycles. The van der Waals surface area contributed by atoms with Crippen LogP contribution >= 0.6 is 8.15 Å². The van der Waals surface area contributed by atoms with Crippen LogP contribution in [0.25, 0.3) is 0 Å². The maximum Gasteiger partial charge on any atom is 0.145 e. The normalized spacial score (nSPS) is 12.0. The van der Waals surface area contributed by atoms with E-state index in [0.29, 0.717) is 6.16 Å². The molecule has 2 heterocycles. The van der Waals surface area contributed by atoms with Crippen LogP contribution in [-0.4, -0.2) is 4.98 Å². The van der Waals surface area contributed by atoms with Crippen LogP contribution in [0.15, 0.2) is 77.5 Å². The van der Waals surface area contributed by atoms with Gasteiger partial charge in [-0.05, 0) is 36.4 Å². The molecule has 0 aliphatic rings. The maximum atomic E-state index is 6.12. The lowest BCUT2D eigenvalue weighted by molar-refractivity contribution is 0.523. The molecule has 0 saturated carbocycles. The Bertz CT molecular complexity index is 626. The van der Waals surface area contributed by atoms with Gasteiger partial charge in [0, 0.05) is 6.20 Å². The zero-order chi connectivity index (χ0) is 13.6. The van der Waals surface area contributed by atoms with Gasteiger partial charge in [0.05, 0.1) is 12.4 Å². The van der Waals surface area contributed by atoms with Crippen molar-refractivity contribution in [3.8, 4) is 5.75 Å². The minimum Gasteiger partial charge on any atom is -0.469 e. The third-order valence-corrected chi connectivity index (χ3v) is 4.55. The summed E-state index contributed by atoms with van der Waals surface area (Å²) in [5.41, 5.74) is 0.961. The topological polar surface area (TPSA) is 35.3 Å². The quantitative estimate of drug-likeness (QED) is 0.664. The predicted octanol–water partition coefficient (Wildman–Crippen LogP) is 3.98. The van der Waals surface area contributed by atoms with Gasteiger partial charge in [-0.15, -0.1) is 0 Å². The van der Waals surface area contributed by atoms with E-state index in [2.05, 4.69) is 4.98 Å². The third kappa shape index (κ3) is 3.25. The van der Waals surface area contributed by atoms with Crippen molar-refractivity contribution in [3.05, 3.63) is 78.9 Å². The molecule has 0 bridgehead atoms. The Morgan fingerprint density at radius 2 is 1.80 bits per heavy atom. The number of furan rings is 1. The molecule has 1 aromatic carbocycles. The summed E-state index contributed by atoms with van der Waals surface area (Å²) in [5.74, 6) is 1.77. The molecule has 1 unspecified atom stereocenters. The summed E-state index contributed by atoms with van der Waals surface area (Å²) in [4.78, 5) is 4.42. The van der Waals surface area contributed by atoms with Crippen molar-refractivity contribution in [1.82, 2.24) is 4.98 Å². The number of benzene rings is 1. The average molecular weight is 283 g/mol. The number of rotatable bonds is 5. The first-order valence-corrected chi connectivity index (χ1v) is 7.80. The van der Waals surface area contributed by atoms with Crippen LogP contribution in [0.2, 0.25) is 0 Å². The molecular formula is C16H14NO2P. The van der Waals surface area contributed by atoms with Gasteiger partial charge in [-0.1, -0.05) is 24.3 Å². The van der Waals surface area contributed by atoms with Crippen LogP contribution in [0, 0.1) is 0 Å². The van der Waals surface area contributed by atoms with Gasteiger partial charge in [-0.25, -0.2) is 0 Å². The molecule has 0 amide bonds. The Morgan fingerprint density at radius 3 is 2.50 bits per heavy atom. The molecular weight excluding hydrogens is 269 g/mol. The fraction of sp³-hybridized carbons (Fsp3) is 0.0625. The SMILES string of the molecule is c1ccc(OP(Cc2ccco2)c2ccccn2)cc1. The molecule has 2 aromatic heterocycles. The van der Waals surface area contributed by atoms with Gasteiger partial charge in [0.1, 0.15) is 25.1 Å². The monoisotopic (exact) mass is 283 g/mol. The van der Waals surface area contributed by atoms with Gasteiger partial charge in [-0.3, -0.25) is 4.98 Å². The first-order chi connectivity index (χ1) is 9.92. The highest BCUT2D eigenvalue weighted by atomic mass is 31.1. The average Bonchev–Trinajstić information content (AvgIpc) is 3.02. The summed E-state index contributed by atoms with van der Waals surface area (Å²) in [5, 5.41) is 0. The van der Waals surface area contributed by atoms with Crippen molar-refractivity contribution in [1.29, 1.82) is 0 Å². The van der Waals surface area contributed by atoms with Gasteiger partial charge in [-0.2, -0.15) is 0 Å². The maximum absolute atomic E-state index is 6.12. The minimum absolute atomic E-state index is 0.717. The Balaban J connectivity index is 1.83. The zero-order valence-corrected chi connectivity index (χ0v) is 11.7. The van der Waals surface area contributed by atoms with Gasteiger partial charge in [0.15, 0.2) is 0 Å². The Morgan fingerprint density at radius 1 is 0.950 bits per heavy atom. The van der Waals surface area contributed by atoms with Crippen LogP contribution in [-0.2, 0) is 6.16 Å². The standard InChI is InChI=1S/C16H14NO2P/c1-2-7-14(8-3-1)19-20(13-15-9-6-12-18-15)16-10-4-5-11-17-16/h1-12H,13H2. The molecule has 3 rings (SSSR count). The van der Waals surface area contributed by atoms with Crippen molar-refractivity contribution in [3.63, 3.8) is 0 Å². The van der Waals surface area contributed by atoms with Crippen molar-refractivity contribution in [2.45, 2.75) is 6.16 Å². The van der Waals surface area contributed by atoms with Gasteiger partial charge in [0.2, 0.25) is 0 Å². The van der Waals surface area contributed by atoms with Crippen molar-refractivity contribution in [2.24, 2.45) is 0 Å². The Labute approximate surface area is 119 Å². The lowest BCUT2D eigenvalue weighted by atomic mass is 10.3. The number of para-hydroxylation sites is 1. The number of hydrogen-bond acceptors (Lipinski definition) is 3. The van der Waals surface area contributed by atoms with Crippen LogP contribution < -0.4 is 9.96 Å². The van der Waals surface area contributed by atoms with E-state index in [1.807, 2.05) is 60.7 Å². The van der Waals surface area contributed by atoms with E-state index >= 15 is 0 Å². The molecule has 3 aromatic rings. The summed E-state index contributed by atoms with van der Waals surface area (Å²) >= 11 is 0. The van der Waals surface area contributed by atoms with Gasteiger partial charge < -0.3 is 8.94 Å². The van der Waals surface area contributed by atoms with E-state index in [-0.39, 0.29) is 0 Å². The number of pyridine rings is 1. The fourth-order valence-corrected chi connectivity index (χ4v) is 3.42.